The van der Waals surface area contributed by atoms with Gasteiger partial charge >= 0.3 is 6.18 Å². The minimum atomic E-state index is -5.14. The van der Waals surface area contributed by atoms with E-state index in [1.807, 2.05) is 5.32 Å². The van der Waals surface area contributed by atoms with Crippen LogP contribution in [0.5, 0.6) is 0 Å². The number of carbonyl (C=O) groups is 2. The van der Waals surface area contributed by atoms with Crippen molar-refractivity contribution in [3.63, 3.8) is 0 Å². The monoisotopic (exact) mass is 362 g/mol. The summed E-state index contributed by atoms with van der Waals surface area (Å²) >= 11 is 0. The molecule has 3 N–H and O–H groups in total. The molecule has 2 amide bonds. The molecular formula is C15H8F6N2O2. The molecule has 25 heavy (non-hydrogen) atoms. The Morgan fingerprint density at radius 3 is 2.12 bits per heavy atom. The Hall–Kier alpha value is -3.04. The van der Waals surface area contributed by atoms with Crippen molar-refractivity contribution in [1.29, 1.82) is 0 Å². The van der Waals surface area contributed by atoms with Crippen LogP contribution >= 0.6 is 0 Å². The summed E-state index contributed by atoms with van der Waals surface area (Å²) in [5, 5.41) is 1.88. The summed E-state index contributed by atoms with van der Waals surface area (Å²) in [4.78, 5) is 23.0. The third-order valence-electron chi connectivity index (χ3n) is 3.11. The van der Waals surface area contributed by atoms with Crippen molar-refractivity contribution < 1.29 is 35.9 Å². The average molecular weight is 362 g/mol. The number of nitrogens with one attached hydrogen (secondary N) is 1. The lowest BCUT2D eigenvalue weighted by Crippen LogP contribution is -2.20. The van der Waals surface area contributed by atoms with Crippen LogP contribution < -0.4 is 11.1 Å². The number of nitrogens with two attached hydrogens (primary N) is 1. The molecule has 0 fully saturated rings. The predicted molar refractivity (Wildman–Crippen MR) is 74.2 cm³/mol. The van der Waals surface area contributed by atoms with E-state index >= 15 is 0 Å². The van der Waals surface area contributed by atoms with Crippen molar-refractivity contribution in [2.24, 2.45) is 5.73 Å². The van der Waals surface area contributed by atoms with E-state index in [1.165, 1.54) is 0 Å². The highest BCUT2D eigenvalue weighted by molar-refractivity contribution is 6.05. The Labute approximate surface area is 136 Å². The molecule has 0 heterocycles. The zero-order valence-corrected chi connectivity index (χ0v) is 12.0. The molecule has 0 aliphatic rings. The topological polar surface area (TPSA) is 72.2 Å². The molecule has 0 bridgehead atoms. The molecule has 0 atom stereocenters. The number of amides is 2. The van der Waals surface area contributed by atoms with Crippen LogP contribution in [0.25, 0.3) is 0 Å². The van der Waals surface area contributed by atoms with Gasteiger partial charge in [0.2, 0.25) is 0 Å². The highest BCUT2D eigenvalue weighted by Crippen LogP contribution is 2.33. The van der Waals surface area contributed by atoms with Gasteiger partial charge in [0.05, 0.1) is 11.1 Å². The van der Waals surface area contributed by atoms with E-state index in [0.717, 1.165) is 18.2 Å². The first-order chi connectivity index (χ1) is 11.5. The van der Waals surface area contributed by atoms with Crippen molar-refractivity contribution >= 4 is 17.5 Å². The molecule has 0 saturated heterocycles. The molecule has 0 spiro atoms. The van der Waals surface area contributed by atoms with Crippen LogP contribution in [-0.4, -0.2) is 11.8 Å². The minimum Gasteiger partial charge on any atom is -0.366 e. The molecule has 132 valence electrons. The van der Waals surface area contributed by atoms with Gasteiger partial charge in [0.1, 0.15) is 17.2 Å². The van der Waals surface area contributed by atoms with Gasteiger partial charge in [0, 0.05) is 5.69 Å². The molecule has 0 aliphatic carbocycles. The number of alkyl halides is 3. The zero-order chi connectivity index (χ0) is 18.9. The van der Waals surface area contributed by atoms with E-state index in [9.17, 15) is 35.9 Å². The number of benzene rings is 2. The fourth-order valence-corrected chi connectivity index (χ4v) is 1.97. The number of rotatable bonds is 3. The SMILES string of the molecule is NC(=O)c1cc(NC(=O)c2c(F)ccc(C(F)(F)F)c2F)ccc1F. The summed E-state index contributed by atoms with van der Waals surface area (Å²) in [6, 6.07) is 2.90. The molecule has 0 radical (unpaired) electrons. The van der Waals surface area contributed by atoms with Crippen molar-refractivity contribution in [2.45, 2.75) is 6.18 Å². The van der Waals surface area contributed by atoms with Crippen LogP contribution in [0.4, 0.5) is 32.0 Å². The molecule has 10 heteroatoms. The largest absolute Gasteiger partial charge is 0.419 e. The number of anilines is 1. The van der Waals surface area contributed by atoms with E-state index in [2.05, 4.69) is 0 Å². The number of hydrogen-bond acceptors (Lipinski definition) is 2. The van der Waals surface area contributed by atoms with E-state index in [0.29, 0.717) is 6.07 Å². The quantitative estimate of drug-likeness (QED) is 0.821. The summed E-state index contributed by atoms with van der Waals surface area (Å²) in [5.41, 5.74) is 0.692. The second kappa shape index (κ2) is 6.46. The first kappa shape index (κ1) is 18.3. The second-order valence-corrected chi connectivity index (χ2v) is 4.79. The fraction of sp³-hybridized carbons (Fsp3) is 0.0667. The fourth-order valence-electron chi connectivity index (χ4n) is 1.97. The summed E-state index contributed by atoms with van der Waals surface area (Å²) < 4.78 is 78.8. The van der Waals surface area contributed by atoms with Gasteiger partial charge in [0.15, 0.2) is 5.82 Å². The third-order valence-corrected chi connectivity index (χ3v) is 3.11. The normalized spacial score (nSPS) is 11.3. The number of hydrogen-bond donors (Lipinski definition) is 2. The maximum Gasteiger partial charge on any atom is 0.419 e. The van der Waals surface area contributed by atoms with Gasteiger partial charge in [-0.15, -0.1) is 0 Å². The van der Waals surface area contributed by atoms with Gasteiger partial charge < -0.3 is 11.1 Å². The maximum atomic E-state index is 13.9. The summed E-state index contributed by atoms with van der Waals surface area (Å²) in [6.07, 6.45) is -5.14. The first-order valence-corrected chi connectivity index (χ1v) is 6.48. The van der Waals surface area contributed by atoms with Crippen LogP contribution in [0.3, 0.4) is 0 Å². The van der Waals surface area contributed by atoms with Gasteiger partial charge in [-0.25, -0.2) is 13.2 Å². The van der Waals surface area contributed by atoms with Gasteiger partial charge in [-0.2, -0.15) is 13.2 Å². The Balaban J connectivity index is 2.43. The standard InChI is InChI=1S/C15H8F6N2O2/c16-9-3-1-6(5-7(9)13(22)24)23-14(25)11-10(17)4-2-8(12(11)18)15(19,20)21/h1-5H,(H2,22,24)(H,23,25). The van der Waals surface area contributed by atoms with Crippen LogP contribution in [0.2, 0.25) is 0 Å². The highest BCUT2D eigenvalue weighted by atomic mass is 19.4. The lowest BCUT2D eigenvalue weighted by atomic mass is 10.1. The Kier molecular flexibility index (Phi) is 4.73. The smallest absolute Gasteiger partial charge is 0.366 e. The van der Waals surface area contributed by atoms with Gasteiger partial charge in [-0.1, -0.05) is 0 Å². The zero-order valence-electron chi connectivity index (χ0n) is 12.0. The molecule has 4 nitrogen and oxygen atoms in total. The van der Waals surface area contributed by atoms with Crippen LogP contribution in [0, 0.1) is 17.5 Å². The molecule has 2 aromatic carbocycles. The first-order valence-electron chi connectivity index (χ1n) is 6.48. The Bertz CT molecular complexity index is 864. The molecule has 0 saturated carbocycles. The number of halogens is 6. The number of primary amides is 1. The average Bonchev–Trinajstić information content (AvgIpc) is 2.47. The van der Waals surface area contributed by atoms with Crippen molar-refractivity contribution in [3.8, 4) is 0 Å². The molecule has 2 aromatic rings. The summed E-state index contributed by atoms with van der Waals surface area (Å²) in [7, 11) is 0. The molecule has 0 aliphatic heterocycles. The van der Waals surface area contributed by atoms with Gasteiger partial charge in [0.25, 0.3) is 11.8 Å². The molecule has 0 unspecified atom stereocenters. The molecular weight excluding hydrogens is 354 g/mol. The van der Waals surface area contributed by atoms with Gasteiger partial charge in [-0.3, -0.25) is 9.59 Å². The minimum absolute atomic E-state index is 0.157. The third kappa shape index (κ3) is 3.73. The number of carbonyl (C=O) groups excluding carboxylic acids is 2. The lowest BCUT2D eigenvalue weighted by molar-refractivity contribution is -0.140. The highest BCUT2D eigenvalue weighted by Gasteiger charge is 2.37. The second-order valence-electron chi connectivity index (χ2n) is 4.79. The lowest BCUT2D eigenvalue weighted by Gasteiger charge is -2.12. The van der Waals surface area contributed by atoms with E-state index in [4.69, 9.17) is 5.73 Å². The molecule has 2 rings (SSSR count). The van der Waals surface area contributed by atoms with E-state index in [1.54, 1.807) is 0 Å². The van der Waals surface area contributed by atoms with E-state index < -0.39 is 52.1 Å². The van der Waals surface area contributed by atoms with E-state index in [-0.39, 0.29) is 11.8 Å². The van der Waals surface area contributed by atoms with Crippen molar-refractivity contribution in [1.82, 2.24) is 0 Å². The van der Waals surface area contributed by atoms with Crippen molar-refractivity contribution in [3.05, 3.63) is 64.5 Å². The summed E-state index contributed by atoms with van der Waals surface area (Å²) in [5.74, 6) is -7.36. The maximum absolute atomic E-state index is 13.9. The van der Waals surface area contributed by atoms with Crippen LogP contribution in [0.1, 0.15) is 26.3 Å². The summed E-state index contributed by atoms with van der Waals surface area (Å²) in [6.45, 7) is 0. The van der Waals surface area contributed by atoms with Gasteiger partial charge in [-0.05, 0) is 30.3 Å². The predicted octanol–water partition coefficient (Wildman–Crippen LogP) is 3.47. The van der Waals surface area contributed by atoms with Crippen LogP contribution in [-0.2, 0) is 6.18 Å². The molecule has 0 aromatic heterocycles. The van der Waals surface area contributed by atoms with Crippen molar-refractivity contribution in [2.75, 3.05) is 5.32 Å². The Morgan fingerprint density at radius 1 is 0.960 bits per heavy atom. The Morgan fingerprint density at radius 2 is 1.56 bits per heavy atom. The van der Waals surface area contributed by atoms with Crippen LogP contribution in [0.15, 0.2) is 30.3 Å².